The molecule has 1 aliphatic rings. The molecule has 0 unspecified atom stereocenters. The lowest BCUT2D eigenvalue weighted by molar-refractivity contribution is -0.135. The number of rotatable bonds is 5. The van der Waals surface area contributed by atoms with Crippen molar-refractivity contribution in [2.45, 2.75) is 38.6 Å². The minimum Gasteiger partial charge on any atom is -0.341 e. The molecule has 1 heterocycles. The molecule has 0 aliphatic heterocycles. The second-order valence-electron chi connectivity index (χ2n) is 8.04. The van der Waals surface area contributed by atoms with Gasteiger partial charge in [0, 0.05) is 30.6 Å². The maximum Gasteiger partial charge on any atom is 0.348 e. The van der Waals surface area contributed by atoms with Gasteiger partial charge in [-0.05, 0) is 30.5 Å². The van der Waals surface area contributed by atoms with Gasteiger partial charge in [0.1, 0.15) is 5.82 Å². The molecule has 1 saturated carbocycles. The predicted octanol–water partition coefficient (Wildman–Crippen LogP) is 4.69. The number of aromatic nitrogens is 3. The molecule has 0 radical (unpaired) electrons. The van der Waals surface area contributed by atoms with E-state index in [2.05, 4.69) is 15.0 Å². The molecule has 31 heavy (non-hydrogen) atoms. The molecule has 6 nitrogen and oxygen atoms in total. The van der Waals surface area contributed by atoms with Gasteiger partial charge < -0.3 is 4.90 Å². The van der Waals surface area contributed by atoms with Crippen molar-refractivity contribution in [2.75, 3.05) is 7.05 Å². The van der Waals surface area contributed by atoms with Gasteiger partial charge in [0.05, 0.1) is 5.02 Å². The Balaban J connectivity index is 1.60. The number of amides is 1. The van der Waals surface area contributed by atoms with E-state index in [0.717, 1.165) is 36.8 Å². The van der Waals surface area contributed by atoms with Crippen LogP contribution in [0.15, 0.2) is 53.3 Å². The minimum atomic E-state index is -0.491. The quantitative estimate of drug-likeness (QED) is 0.629. The van der Waals surface area contributed by atoms with Crippen LogP contribution in [-0.2, 0) is 11.3 Å². The third-order valence-electron chi connectivity index (χ3n) is 5.72. The Morgan fingerprint density at radius 2 is 1.84 bits per heavy atom. The number of H-pyrrole nitrogens is 1. The number of hydrogen-bond acceptors (Lipinski definition) is 4. The maximum absolute atomic E-state index is 12.8. The molecule has 0 atom stereocenters. The van der Waals surface area contributed by atoms with Crippen molar-refractivity contribution in [1.29, 1.82) is 0 Å². The van der Waals surface area contributed by atoms with Crippen LogP contribution in [0.4, 0.5) is 0 Å². The normalized spacial score (nSPS) is 14.4. The molecule has 7 heteroatoms. The fourth-order valence-corrected chi connectivity index (χ4v) is 4.30. The number of nitrogens with zero attached hydrogens (tertiary/aromatic N) is 3. The summed E-state index contributed by atoms with van der Waals surface area (Å²) in [4.78, 5) is 38.0. The van der Waals surface area contributed by atoms with E-state index in [0.29, 0.717) is 28.8 Å². The average Bonchev–Trinajstić information content (AvgIpc) is 2.80. The first-order valence-corrected chi connectivity index (χ1v) is 11.0. The SMILES string of the molecule is CN(Cc1ccc(Cl)c(-c2nc(-c3ccccc3)nc(=O)[nH]2)c1)C(=O)C1CCCCC1. The molecule has 4 rings (SSSR count). The lowest BCUT2D eigenvalue weighted by atomic mass is 9.88. The van der Waals surface area contributed by atoms with Crippen molar-refractivity contribution in [3.05, 3.63) is 69.6 Å². The van der Waals surface area contributed by atoms with Crippen molar-refractivity contribution in [1.82, 2.24) is 19.9 Å². The summed E-state index contributed by atoms with van der Waals surface area (Å²) in [5.74, 6) is 1.01. The Hall–Kier alpha value is -2.99. The van der Waals surface area contributed by atoms with Gasteiger partial charge in [0.2, 0.25) is 5.91 Å². The van der Waals surface area contributed by atoms with Crippen LogP contribution in [0, 0.1) is 5.92 Å². The lowest BCUT2D eigenvalue weighted by Crippen LogP contribution is -2.33. The highest BCUT2D eigenvalue weighted by Gasteiger charge is 2.24. The Bertz CT molecular complexity index is 1120. The van der Waals surface area contributed by atoms with Gasteiger partial charge in [-0.3, -0.25) is 9.78 Å². The molecule has 0 bridgehead atoms. The van der Waals surface area contributed by atoms with Crippen LogP contribution in [0.5, 0.6) is 0 Å². The molecule has 1 fully saturated rings. The standard InChI is InChI=1S/C24H25ClN4O2/c1-29(23(30)18-10-6-3-7-11-18)15-16-12-13-20(25)19(14-16)22-26-21(27-24(31)28-22)17-8-4-2-5-9-17/h2,4-5,8-9,12-14,18H,3,6-7,10-11,15H2,1H3,(H,26,27,28,31). The van der Waals surface area contributed by atoms with Crippen LogP contribution in [0.25, 0.3) is 22.8 Å². The van der Waals surface area contributed by atoms with E-state index in [4.69, 9.17) is 11.6 Å². The van der Waals surface area contributed by atoms with Gasteiger partial charge in [-0.2, -0.15) is 4.98 Å². The summed E-state index contributed by atoms with van der Waals surface area (Å²) >= 11 is 6.44. The number of benzene rings is 2. The summed E-state index contributed by atoms with van der Waals surface area (Å²) in [6.45, 7) is 0.473. The molecule has 1 N–H and O–H groups in total. The summed E-state index contributed by atoms with van der Waals surface area (Å²) in [5.41, 5.74) is 1.79. The van der Waals surface area contributed by atoms with E-state index < -0.39 is 5.69 Å². The van der Waals surface area contributed by atoms with Crippen molar-refractivity contribution in [3.8, 4) is 22.8 Å². The van der Waals surface area contributed by atoms with Crippen molar-refractivity contribution in [3.63, 3.8) is 0 Å². The highest BCUT2D eigenvalue weighted by atomic mass is 35.5. The highest BCUT2D eigenvalue weighted by molar-refractivity contribution is 6.33. The molecule has 1 aliphatic carbocycles. The Kier molecular flexibility index (Phi) is 6.47. The fraction of sp³-hybridized carbons (Fsp3) is 0.333. The molecule has 0 saturated heterocycles. The summed E-state index contributed by atoms with van der Waals surface area (Å²) in [5, 5.41) is 0.471. The molecular weight excluding hydrogens is 412 g/mol. The van der Waals surface area contributed by atoms with E-state index in [9.17, 15) is 9.59 Å². The van der Waals surface area contributed by atoms with E-state index in [-0.39, 0.29) is 11.8 Å². The largest absolute Gasteiger partial charge is 0.348 e. The molecule has 0 spiro atoms. The summed E-state index contributed by atoms with van der Waals surface area (Å²) in [6, 6.07) is 14.9. The number of hydrogen-bond donors (Lipinski definition) is 1. The van der Waals surface area contributed by atoms with Crippen molar-refractivity contribution >= 4 is 17.5 Å². The topological polar surface area (TPSA) is 79.0 Å². The van der Waals surface area contributed by atoms with Crippen LogP contribution < -0.4 is 5.69 Å². The van der Waals surface area contributed by atoms with Crippen LogP contribution in [0.2, 0.25) is 5.02 Å². The molecule has 2 aromatic carbocycles. The number of carbonyl (C=O) groups is 1. The summed E-state index contributed by atoms with van der Waals surface area (Å²) in [7, 11) is 1.84. The number of aromatic amines is 1. The molecule has 1 aromatic heterocycles. The van der Waals surface area contributed by atoms with Gasteiger partial charge in [-0.15, -0.1) is 0 Å². The monoisotopic (exact) mass is 436 g/mol. The first-order chi connectivity index (χ1) is 15.0. The smallest absolute Gasteiger partial charge is 0.341 e. The van der Waals surface area contributed by atoms with Crippen LogP contribution in [0.3, 0.4) is 0 Å². The second kappa shape index (κ2) is 9.43. The fourth-order valence-electron chi connectivity index (χ4n) is 4.09. The Morgan fingerprint density at radius 1 is 1.10 bits per heavy atom. The number of carbonyl (C=O) groups excluding carboxylic acids is 1. The van der Waals surface area contributed by atoms with Crippen molar-refractivity contribution < 1.29 is 4.79 Å². The zero-order chi connectivity index (χ0) is 21.8. The number of nitrogens with one attached hydrogen (secondary N) is 1. The first kappa shape index (κ1) is 21.2. The average molecular weight is 437 g/mol. The highest BCUT2D eigenvalue weighted by Crippen LogP contribution is 2.29. The third-order valence-corrected chi connectivity index (χ3v) is 6.05. The van der Waals surface area contributed by atoms with Crippen LogP contribution in [0.1, 0.15) is 37.7 Å². The zero-order valence-corrected chi connectivity index (χ0v) is 18.2. The number of halogens is 1. The third kappa shape index (κ3) is 5.02. The van der Waals surface area contributed by atoms with E-state index in [1.54, 1.807) is 11.0 Å². The predicted molar refractivity (Wildman–Crippen MR) is 122 cm³/mol. The summed E-state index contributed by atoms with van der Waals surface area (Å²) in [6.07, 6.45) is 5.41. The van der Waals surface area contributed by atoms with Gasteiger partial charge in [0.15, 0.2) is 5.82 Å². The van der Waals surface area contributed by atoms with Gasteiger partial charge in [0.25, 0.3) is 0 Å². The second-order valence-corrected chi connectivity index (χ2v) is 8.44. The Labute approximate surface area is 186 Å². The minimum absolute atomic E-state index is 0.122. The molecule has 3 aromatic rings. The molecule has 1 amide bonds. The van der Waals surface area contributed by atoms with E-state index >= 15 is 0 Å². The van der Waals surface area contributed by atoms with Crippen molar-refractivity contribution in [2.24, 2.45) is 5.92 Å². The van der Waals surface area contributed by atoms with Gasteiger partial charge in [-0.1, -0.05) is 67.3 Å². The van der Waals surface area contributed by atoms with Crippen LogP contribution >= 0.6 is 11.6 Å². The molecular formula is C24H25ClN4O2. The van der Waals surface area contributed by atoms with E-state index in [1.807, 2.05) is 49.5 Å². The maximum atomic E-state index is 12.8. The zero-order valence-electron chi connectivity index (χ0n) is 17.5. The van der Waals surface area contributed by atoms with Gasteiger partial charge in [-0.25, -0.2) is 9.78 Å². The molecule has 160 valence electrons. The Morgan fingerprint density at radius 3 is 2.58 bits per heavy atom. The van der Waals surface area contributed by atoms with E-state index in [1.165, 1.54) is 6.42 Å². The summed E-state index contributed by atoms with van der Waals surface area (Å²) < 4.78 is 0. The van der Waals surface area contributed by atoms with Gasteiger partial charge >= 0.3 is 5.69 Å². The first-order valence-electron chi connectivity index (χ1n) is 10.6. The lowest BCUT2D eigenvalue weighted by Gasteiger charge is -2.26. The van der Waals surface area contributed by atoms with Crippen LogP contribution in [-0.4, -0.2) is 32.8 Å².